The minimum absolute atomic E-state index is 0.137. The quantitative estimate of drug-likeness (QED) is 0.722. The maximum atomic E-state index is 12.0. The number of hydrogen-bond donors (Lipinski definition) is 3. The van der Waals surface area contributed by atoms with E-state index in [9.17, 15) is 9.90 Å². The van der Waals surface area contributed by atoms with Crippen LogP contribution in [0.1, 0.15) is 38.8 Å². The van der Waals surface area contributed by atoms with Crippen LogP contribution in [0, 0.1) is 5.92 Å². The predicted octanol–water partition coefficient (Wildman–Crippen LogP) is 2.91. The Bertz CT molecular complexity index is 661. The number of carbonyl (C=O) groups excluding carboxylic acids is 1. The lowest BCUT2D eigenvalue weighted by molar-refractivity contribution is 0.114. The summed E-state index contributed by atoms with van der Waals surface area (Å²) in [6.07, 6.45) is 5.37. The Morgan fingerprint density at radius 3 is 2.36 bits per heavy atom. The second-order valence-electron chi connectivity index (χ2n) is 6.28. The summed E-state index contributed by atoms with van der Waals surface area (Å²) in [5, 5.41) is 15.5. The first-order chi connectivity index (χ1) is 12.0. The van der Waals surface area contributed by atoms with E-state index in [0.29, 0.717) is 0 Å². The molecule has 1 aromatic heterocycles. The number of hydrogen-bond acceptors (Lipinski definition) is 4. The van der Waals surface area contributed by atoms with Crippen molar-refractivity contribution in [2.75, 3.05) is 6.54 Å². The number of rotatable bonds is 7. The fourth-order valence-corrected chi connectivity index (χ4v) is 2.41. The van der Waals surface area contributed by atoms with Gasteiger partial charge in [0.2, 0.25) is 0 Å². The van der Waals surface area contributed by atoms with Crippen molar-refractivity contribution in [3.8, 4) is 11.1 Å². The summed E-state index contributed by atoms with van der Waals surface area (Å²) < 4.78 is 0. The molecule has 1 heterocycles. The van der Waals surface area contributed by atoms with Crippen LogP contribution in [0.15, 0.2) is 43.0 Å². The van der Waals surface area contributed by atoms with Crippen LogP contribution in [0.25, 0.3) is 11.1 Å². The number of nitrogens with zero attached hydrogens (tertiary/aromatic N) is 2. The lowest BCUT2D eigenvalue weighted by Crippen LogP contribution is -2.42. The molecule has 3 N–H and O–H groups in total. The Morgan fingerprint density at radius 1 is 1.12 bits per heavy atom. The molecule has 2 rings (SSSR count). The zero-order valence-corrected chi connectivity index (χ0v) is 14.9. The van der Waals surface area contributed by atoms with Crippen LogP contribution in [0.2, 0.25) is 0 Å². The number of aromatic nitrogens is 2. The van der Waals surface area contributed by atoms with Gasteiger partial charge < -0.3 is 15.7 Å². The highest BCUT2D eigenvalue weighted by Crippen LogP contribution is 2.20. The monoisotopic (exact) mass is 342 g/mol. The van der Waals surface area contributed by atoms with Gasteiger partial charge in [0.25, 0.3) is 0 Å². The van der Waals surface area contributed by atoms with Gasteiger partial charge in [-0.2, -0.15) is 0 Å². The van der Waals surface area contributed by atoms with Gasteiger partial charge in [-0.1, -0.05) is 44.5 Å². The second-order valence-corrected chi connectivity index (χ2v) is 6.28. The van der Waals surface area contributed by atoms with Gasteiger partial charge in [0.15, 0.2) is 0 Å². The van der Waals surface area contributed by atoms with Gasteiger partial charge in [0, 0.05) is 24.5 Å². The standard InChI is InChI=1S/C19H26N4O2/c1-4-13(2)18(24)11-22-19(25)23-14(3)15-5-7-16(8-6-15)17-9-20-12-21-10-17/h5-10,12-14,18,24H,4,11H2,1-3H3,(H2,22,23,25). The average Bonchev–Trinajstić information content (AvgIpc) is 2.66. The summed E-state index contributed by atoms with van der Waals surface area (Å²) in [6.45, 7) is 6.15. The van der Waals surface area contributed by atoms with Crippen molar-refractivity contribution in [2.24, 2.45) is 5.92 Å². The largest absolute Gasteiger partial charge is 0.391 e. The van der Waals surface area contributed by atoms with Crippen molar-refractivity contribution < 1.29 is 9.90 Å². The van der Waals surface area contributed by atoms with Crippen LogP contribution < -0.4 is 10.6 Å². The molecular weight excluding hydrogens is 316 g/mol. The number of aliphatic hydroxyl groups excluding tert-OH is 1. The van der Waals surface area contributed by atoms with E-state index in [1.165, 1.54) is 6.33 Å². The fraction of sp³-hybridized carbons (Fsp3) is 0.421. The molecule has 134 valence electrons. The van der Waals surface area contributed by atoms with Gasteiger partial charge in [-0.25, -0.2) is 14.8 Å². The molecule has 0 aliphatic heterocycles. The van der Waals surface area contributed by atoms with Crippen molar-refractivity contribution in [3.63, 3.8) is 0 Å². The van der Waals surface area contributed by atoms with Crippen molar-refractivity contribution in [2.45, 2.75) is 39.3 Å². The van der Waals surface area contributed by atoms with Crippen LogP contribution in [0.5, 0.6) is 0 Å². The van der Waals surface area contributed by atoms with E-state index in [2.05, 4.69) is 20.6 Å². The van der Waals surface area contributed by atoms with Crippen molar-refractivity contribution in [3.05, 3.63) is 48.5 Å². The SMILES string of the molecule is CCC(C)C(O)CNC(=O)NC(C)c1ccc(-c2cncnc2)cc1. The molecule has 6 nitrogen and oxygen atoms in total. The smallest absolute Gasteiger partial charge is 0.315 e. The highest BCUT2D eigenvalue weighted by molar-refractivity contribution is 5.74. The molecule has 0 aliphatic carbocycles. The number of nitrogens with one attached hydrogen (secondary N) is 2. The van der Waals surface area contributed by atoms with E-state index in [1.807, 2.05) is 45.0 Å². The summed E-state index contributed by atoms with van der Waals surface area (Å²) >= 11 is 0. The molecular formula is C19H26N4O2. The third kappa shape index (κ3) is 5.53. The molecule has 0 spiro atoms. The molecule has 2 amide bonds. The van der Waals surface area contributed by atoms with Gasteiger partial charge in [-0.3, -0.25) is 0 Å². The minimum Gasteiger partial charge on any atom is -0.391 e. The van der Waals surface area contributed by atoms with E-state index >= 15 is 0 Å². The summed E-state index contributed by atoms with van der Waals surface area (Å²) in [5.41, 5.74) is 2.97. The van der Waals surface area contributed by atoms with Crippen LogP contribution in [0.4, 0.5) is 4.79 Å². The molecule has 1 aromatic carbocycles. The third-order valence-electron chi connectivity index (χ3n) is 4.42. The molecule has 0 fully saturated rings. The molecule has 0 saturated heterocycles. The Labute approximate surface area is 148 Å². The van der Waals surface area contributed by atoms with Gasteiger partial charge in [-0.15, -0.1) is 0 Å². The highest BCUT2D eigenvalue weighted by atomic mass is 16.3. The van der Waals surface area contributed by atoms with Crippen LogP contribution in [-0.4, -0.2) is 33.8 Å². The zero-order valence-electron chi connectivity index (χ0n) is 14.9. The molecule has 3 atom stereocenters. The highest BCUT2D eigenvalue weighted by Gasteiger charge is 2.14. The number of carbonyl (C=O) groups is 1. The van der Waals surface area contributed by atoms with Crippen molar-refractivity contribution in [1.29, 1.82) is 0 Å². The summed E-state index contributed by atoms with van der Waals surface area (Å²) in [5.74, 6) is 0.159. The van der Waals surface area contributed by atoms with E-state index in [1.54, 1.807) is 12.4 Å². The molecule has 0 saturated carbocycles. The molecule has 0 aliphatic rings. The molecule has 25 heavy (non-hydrogen) atoms. The van der Waals surface area contributed by atoms with Gasteiger partial charge >= 0.3 is 6.03 Å². The average molecular weight is 342 g/mol. The maximum absolute atomic E-state index is 12.0. The van der Waals surface area contributed by atoms with Crippen LogP contribution >= 0.6 is 0 Å². The van der Waals surface area contributed by atoms with E-state index in [0.717, 1.165) is 23.1 Å². The van der Waals surface area contributed by atoms with Crippen molar-refractivity contribution in [1.82, 2.24) is 20.6 Å². The van der Waals surface area contributed by atoms with Crippen LogP contribution in [0.3, 0.4) is 0 Å². The van der Waals surface area contributed by atoms with Gasteiger partial charge in [-0.05, 0) is 24.0 Å². The number of urea groups is 1. The fourth-order valence-electron chi connectivity index (χ4n) is 2.41. The molecule has 0 radical (unpaired) electrons. The van der Waals surface area contributed by atoms with E-state index in [-0.39, 0.29) is 24.5 Å². The number of amides is 2. The first-order valence-corrected chi connectivity index (χ1v) is 8.59. The van der Waals surface area contributed by atoms with Crippen molar-refractivity contribution >= 4 is 6.03 Å². The minimum atomic E-state index is -0.529. The Hall–Kier alpha value is -2.47. The molecule has 2 aromatic rings. The van der Waals surface area contributed by atoms with Gasteiger partial charge in [0.1, 0.15) is 6.33 Å². The first-order valence-electron chi connectivity index (χ1n) is 8.59. The summed E-state index contributed by atoms with van der Waals surface area (Å²) in [4.78, 5) is 20.0. The number of aliphatic hydroxyl groups is 1. The second kappa shape index (κ2) is 9.13. The summed E-state index contributed by atoms with van der Waals surface area (Å²) in [6, 6.07) is 7.49. The lowest BCUT2D eigenvalue weighted by Gasteiger charge is -2.19. The van der Waals surface area contributed by atoms with Gasteiger partial charge in [0.05, 0.1) is 12.1 Å². The first kappa shape index (κ1) is 18.9. The number of benzene rings is 1. The summed E-state index contributed by atoms with van der Waals surface area (Å²) in [7, 11) is 0. The van der Waals surface area contributed by atoms with E-state index in [4.69, 9.17) is 0 Å². The molecule has 6 heteroatoms. The molecule has 0 bridgehead atoms. The Balaban J connectivity index is 1.88. The van der Waals surface area contributed by atoms with E-state index < -0.39 is 6.10 Å². The Kier molecular flexibility index (Phi) is 6.89. The zero-order chi connectivity index (χ0) is 18.2. The third-order valence-corrected chi connectivity index (χ3v) is 4.42. The Morgan fingerprint density at radius 2 is 1.76 bits per heavy atom. The normalized spacial score (nSPS) is 14.4. The maximum Gasteiger partial charge on any atom is 0.315 e. The predicted molar refractivity (Wildman–Crippen MR) is 97.9 cm³/mol. The topological polar surface area (TPSA) is 87.1 Å². The molecule has 3 unspecified atom stereocenters. The lowest BCUT2D eigenvalue weighted by atomic mass is 10.0. The van der Waals surface area contributed by atoms with Crippen LogP contribution in [-0.2, 0) is 0 Å².